The van der Waals surface area contributed by atoms with Gasteiger partial charge in [0, 0.05) is 84.0 Å². The van der Waals surface area contributed by atoms with Crippen LogP contribution < -0.4 is 76.9 Å². The third-order valence-corrected chi connectivity index (χ3v) is 14.4. The summed E-state index contributed by atoms with van der Waals surface area (Å²) in [6.45, 7) is 3.43. The number of hydrogen-bond donors (Lipinski definition) is 17. The summed E-state index contributed by atoms with van der Waals surface area (Å²) in [5.74, 6) is -13.1. The SMILES string of the molecule is CC(C)C[C@H](NC(=O)[C@H](Cc1ccccc1)NC(=O)[C@H](Cc1cnc[nH]1)NC(=O)[C@H](CC(N)=O)NC(=O)[C@H](CCCN=C(N)N)NC(=O)[C@@H](N)CCC(N)=O)C(=O)N[C@@H](CC(N)=O)C(=O)N[C@@H](Cc1c[nH]c2ccccc12)C(=O)N[C@@H](CCS(C)=O)C(=O)O. The summed E-state index contributed by atoms with van der Waals surface area (Å²) in [7, 11) is -1.43. The Hall–Kier alpha value is -9.79. The van der Waals surface area contributed by atoms with Gasteiger partial charge in [-0.2, -0.15) is 0 Å². The first-order valence-electron chi connectivity index (χ1n) is 28.3. The first-order valence-corrected chi connectivity index (χ1v) is 30.0. The molecule has 0 saturated carbocycles. The Morgan fingerprint density at radius 2 is 1.07 bits per heavy atom. The number of carboxylic acid groups (broad SMARTS) is 1. The summed E-state index contributed by atoms with van der Waals surface area (Å²) in [6.07, 6.45) is 2.30. The minimum absolute atomic E-state index is 0.000452. The number of carboxylic acids is 1. The zero-order valence-corrected chi connectivity index (χ0v) is 50.2. The van der Waals surface area contributed by atoms with Gasteiger partial charge >= 0.3 is 5.97 Å². The number of aliphatic imine (C=N–C) groups is 1. The van der Waals surface area contributed by atoms with Gasteiger partial charge in [0.15, 0.2) is 5.96 Å². The van der Waals surface area contributed by atoms with E-state index < -0.39 is 149 Å². The van der Waals surface area contributed by atoms with Gasteiger partial charge in [0.05, 0.1) is 25.2 Å². The lowest BCUT2D eigenvalue weighted by atomic mass is 9.99. The monoisotopic (exact) mass is 1260 g/mol. The summed E-state index contributed by atoms with van der Waals surface area (Å²) >= 11 is 0. The second-order valence-electron chi connectivity index (χ2n) is 21.5. The highest BCUT2D eigenvalue weighted by atomic mass is 32.2. The van der Waals surface area contributed by atoms with E-state index in [1.54, 1.807) is 74.6 Å². The highest BCUT2D eigenvalue weighted by Crippen LogP contribution is 2.20. The van der Waals surface area contributed by atoms with Gasteiger partial charge in [-0.25, -0.2) is 9.78 Å². The number of fused-ring (bicyclic) bond motifs is 1. The molecule has 0 fully saturated rings. The molecule has 0 aliphatic rings. The van der Waals surface area contributed by atoms with Crippen molar-refractivity contribution in [1.29, 1.82) is 0 Å². The number of nitrogens with two attached hydrogens (primary N) is 6. The second kappa shape index (κ2) is 35.7. The Kier molecular flexibility index (Phi) is 28.8. The van der Waals surface area contributed by atoms with Crippen LogP contribution in [0.5, 0.6) is 0 Å². The quantitative estimate of drug-likeness (QED) is 0.0113. The number of H-pyrrole nitrogens is 2. The molecule has 0 radical (unpaired) electrons. The number of aromatic amines is 2. The van der Waals surface area contributed by atoms with Crippen LogP contribution in [0.1, 0.15) is 82.0 Å². The van der Waals surface area contributed by atoms with Crippen molar-refractivity contribution in [2.75, 3.05) is 18.6 Å². The summed E-state index contributed by atoms with van der Waals surface area (Å²) in [5, 5.41) is 30.6. The Labute approximate surface area is 514 Å². The van der Waals surface area contributed by atoms with Gasteiger partial charge in [-0.05, 0) is 55.2 Å². The fourth-order valence-electron chi connectivity index (χ4n) is 9.07. The Bertz CT molecular complexity index is 3170. The maximum Gasteiger partial charge on any atom is 0.326 e. The predicted molar refractivity (Wildman–Crippen MR) is 324 cm³/mol. The molecule has 23 N–H and O–H groups in total. The van der Waals surface area contributed by atoms with Crippen LogP contribution in [0.25, 0.3) is 10.9 Å². The number of carbonyl (C=O) groups excluding carboxylic acids is 11. The summed E-state index contributed by atoms with van der Waals surface area (Å²) in [4.78, 5) is 176. The molecule has 10 atom stereocenters. The van der Waals surface area contributed by atoms with Crippen LogP contribution in [-0.4, -0.2) is 174 Å². The minimum Gasteiger partial charge on any atom is -0.480 e. The number of aliphatic carboxylic acids is 1. The molecular formula is C56H80N18O14S. The van der Waals surface area contributed by atoms with Crippen LogP contribution in [0.4, 0.5) is 0 Å². The maximum atomic E-state index is 14.7. The molecule has 1 unspecified atom stereocenters. The van der Waals surface area contributed by atoms with Gasteiger partial charge in [-0.1, -0.05) is 62.4 Å². The molecule has 4 aromatic rings. The molecule has 0 bridgehead atoms. The zero-order chi connectivity index (χ0) is 65.9. The number of primary amides is 3. The van der Waals surface area contributed by atoms with Crippen molar-refractivity contribution in [3.8, 4) is 0 Å². The van der Waals surface area contributed by atoms with E-state index in [2.05, 4.69) is 62.5 Å². The smallest absolute Gasteiger partial charge is 0.326 e. The second-order valence-corrected chi connectivity index (χ2v) is 23.0. The third-order valence-electron chi connectivity index (χ3n) is 13.6. The molecular weight excluding hydrogens is 1180 g/mol. The molecule has 2 heterocycles. The number of imidazole rings is 1. The van der Waals surface area contributed by atoms with Gasteiger partial charge in [-0.3, -0.25) is 61.9 Å². The standard InChI is InChI=1S/C56H80N18O14S/c1-29(2)20-38(49(80)74-43(25-46(60)77)53(84)71-40(22-31-26-65-35-13-8-7-12-33(31)35)51(82)68-37(55(86)87)17-19-89(3)88)69-50(81)39(21-30-10-5-4-6-11-30)70-52(83)41(23-32-27-63-28-66-32)72-54(85)42(24-45(59)76)73-48(79)36(14-9-18-64-56(61)62)67-47(78)34(57)15-16-44(58)75/h4-8,10-13,26-29,34,36-43,65H,9,14-25,57H2,1-3H3,(H2,58,75)(H2,59,76)(H2,60,77)(H,63,66)(H,67,78)(H,68,82)(H,69,81)(H,70,83)(H,71,84)(H,72,85)(H,73,79)(H,74,80)(H,86,87)(H4,61,62,64)/t34-,36-,37-,38-,39-,40-,41-,42-,43-,89?/m0/s1. The lowest BCUT2D eigenvalue weighted by Crippen LogP contribution is -2.61. The molecule has 0 saturated heterocycles. The first-order chi connectivity index (χ1) is 42.1. The summed E-state index contributed by atoms with van der Waals surface area (Å²) in [5.41, 5.74) is 35.2. The van der Waals surface area contributed by atoms with Crippen molar-refractivity contribution in [1.82, 2.24) is 57.5 Å². The first kappa shape index (κ1) is 71.7. The van der Waals surface area contributed by atoms with Crippen LogP contribution in [0.15, 0.2) is 78.3 Å². The van der Waals surface area contributed by atoms with Crippen molar-refractivity contribution in [2.45, 2.75) is 139 Å². The van der Waals surface area contributed by atoms with Crippen molar-refractivity contribution in [3.63, 3.8) is 0 Å². The molecule has 0 spiro atoms. The highest BCUT2D eigenvalue weighted by Gasteiger charge is 2.37. The molecule has 4 rings (SSSR count). The fraction of sp³-hybridized carbons (Fsp3) is 0.464. The van der Waals surface area contributed by atoms with Crippen molar-refractivity contribution < 1.29 is 66.8 Å². The largest absolute Gasteiger partial charge is 0.480 e. The molecule has 2 aromatic heterocycles. The number of nitrogens with one attached hydrogen (secondary N) is 10. The summed E-state index contributed by atoms with van der Waals surface area (Å²) < 4.78 is 11.9. The minimum atomic E-state index is -1.80. The van der Waals surface area contributed by atoms with Gasteiger partial charge in [-0.15, -0.1) is 0 Å². The average molecular weight is 1260 g/mol. The van der Waals surface area contributed by atoms with Crippen LogP contribution in [0.3, 0.4) is 0 Å². The molecule has 32 nitrogen and oxygen atoms in total. The zero-order valence-electron chi connectivity index (χ0n) is 49.4. The molecule has 33 heteroatoms. The number of amides is 11. The molecule has 0 aliphatic carbocycles. The van der Waals surface area contributed by atoms with Gasteiger partial charge in [0.1, 0.15) is 48.3 Å². The Morgan fingerprint density at radius 1 is 0.573 bits per heavy atom. The number of nitrogens with zero attached hydrogens (tertiary/aromatic N) is 2. The predicted octanol–water partition coefficient (Wildman–Crippen LogP) is -4.91. The van der Waals surface area contributed by atoms with Gasteiger partial charge < -0.3 is 92.0 Å². The van der Waals surface area contributed by atoms with E-state index in [4.69, 9.17) is 34.4 Å². The van der Waals surface area contributed by atoms with Crippen LogP contribution >= 0.6 is 0 Å². The Morgan fingerprint density at radius 3 is 1.60 bits per heavy atom. The van der Waals surface area contributed by atoms with Gasteiger partial charge in [0.25, 0.3) is 0 Å². The van der Waals surface area contributed by atoms with Gasteiger partial charge in [0.2, 0.25) is 65.0 Å². The molecule has 11 amide bonds. The van der Waals surface area contributed by atoms with Crippen LogP contribution in [0, 0.1) is 5.92 Å². The van der Waals surface area contributed by atoms with Crippen molar-refractivity contribution >= 4 is 98.6 Å². The number of rotatable bonds is 39. The number of carbonyl (C=O) groups is 12. The van der Waals surface area contributed by atoms with E-state index in [1.807, 2.05) is 0 Å². The van der Waals surface area contributed by atoms with E-state index in [9.17, 15) is 66.8 Å². The van der Waals surface area contributed by atoms with Crippen molar-refractivity contribution in [2.24, 2.45) is 45.3 Å². The third kappa shape index (κ3) is 25.2. The normalized spacial score (nSPS) is 14.5. The maximum absolute atomic E-state index is 14.7. The molecule has 89 heavy (non-hydrogen) atoms. The van der Waals surface area contributed by atoms with E-state index in [0.29, 0.717) is 22.0 Å². The lowest BCUT2D eigenvalue weighted by Gasteiger charge is -2.28. The van der Waals surface area contributed by atoms with E-state index in [1.165, 1.54) is 18.8 Å². The molecule has 2 aromatic carbocycles. The fourth-order valence-corrected chi connectivity index (χ4v) is 9.63. The average Bonchev–Trinajstić information content (AvgIpc) is 3.68. The van der Waals surface area contributed by atoms with Crippen molar-refractivity contribution in [3.05, 3.63) is 90.1 Å². The number of benzene rings is 2. The van der Waals surface area contributed by atoms with E-state index in [-0.39, 0.29) is 87.7 Å². The number of aromatic nitrogens is 3. The van der Waals surface area contributed by atoms with Crippen LogP contribution in [-0.2, 0) is 87.6 Å². The number of guanidine groups is 1. The topological polar surface area (TPSA) is 551 Å². The highest BCUT2D eigenvalue weighted by molar-refractivity contribution is 7.84. The molecule has 484 valence electrons. The number of hydrogen-bond acceptors (Lipinski definition) is 16. The van der Waals surface area contributed by atoms with E-state index >= 15 is 0 Å². The Balaban J connectivity index is 1.65. The van der Waals surface area contributed by atoms with E-state index in [0.717, 1.165) is 0 Å². The van der Waals surface area contributed by atoms with Crippen LogP contribution in [0.2, 0.25) is 0 Å². The molecule has 0 aliphatic heterocycles. The lowest BCUT2D eigenvalue weighted by molar-refractivity contribution is -0.142. The summed E-state index contributed by atoms with van der Waals surface area (Å²) in [6, 6.07) is 1.24. The number of para-hydroxylation sites is 1.